The Balaban J connectivity index is 2.22. The van der Waals surface area contributed by atoms with Crippen LogP contribution in [-0.4, -0.2) is 9.78 Å². The maximum atomic E-state index is 9.13. The van der Waals surface area contributed by atoms with E-state index in [4.69, 9.17) is 20.5 Å². The minimum atomic E-state index is -0.281. The van der Waals surface area contributed by atoms with Gasteiger partial charge < -0.3 is 10.1 Å². The average Bonchev–Trinajstić information content (AvgIpc) is 3.08. The zero-order valence-electron chi connectivity index (χ0n) is 13.0. The van der Waals surface area contributed by atoms with Gasteiger partial charge in [-0.15, -0.1) is 0 Å². The third kappa shape index (κ3) is 3.71. The highest BCUT2D eigenvalue weighted by Crippen LogP contribution is 2.26. The Morgan fingerprint density at radius 2 is 1.92 bits per heavy atom. The van der Waals surface area contributed by atoms with E-state index in [9.17, 15) is 0 Å². The molecule has 2 aromatic rings. The summed E-state index contributed by atoms with van der Waals surface area (Å²) in [6, 6.07) is 14.1. The average molecular weight is 318 g/mol. The summed E-state index contributed by atoms with van der Waals surface area (Å²) in [6.45, 7) is 3.03. The Morgan fingerprint density at radius 1 is 1.17 bits per heavy atom. The lowest BCUT2D eigenvalue weighted by molar-refractivity contribution is 0.294. The van der Waals surface area contributed by atoms with E-state index in [0.717, 1.165) is 12.2 Å². The molecule has 0 amide bonds. The molecule has 1 N–H and O–H groups in total. The van der Waals surface area contributed by atoms with Crippen LogP contribution in [-0.2, 0) is 13.2 Å². The summed E-state index contributed by atoms with van der Waals surface area (Å²) in [5.74, 6) is 0.504. The van der Waals surface area contributed by atoms with E-state index in [1.165, 1.54) is 0 Å². The number of benzene rings is 1. The molecule has 0 saturated carbocycles. The number of allylic oxidation sites excluding steroid dienone is 2. The van der Waals surface area contributed by atoms with Crippen LogP contribution in [0.2, 0.25) is 0 Å². The second-order valence-corrected chi connectivity index (χ2v) is 4.63. The van der Waals surface area contributed by atoms with Gasteiger partial charge in [0.05, 0.1) is 11.4 Å². The van der Waals surface area contributed by atoms with Gasteiger partial charge in [0.2, 0.25) is 0 Å². The Bertz CT molecular complexity index is 859. The van der Waals surface area contributed by atoms with Crippen LogP contribution in [0.25, 0.3) is 0 Å². The Morgan fingerprint density at radius 3 is 2.58 bits per heavy atom. The molecule has 1 aromatic heterocycles. The van der Waals surface area contributed by atoms with Crippen molar-refractivity contribution in [1.82, 2.24) is 9.78 Å². The van der Waals surface area contributed by atoms with Gasteiger partial charge in [-0.3, -0.25) is 4.68 Å². The van der Waals surface area contributed by atoms with E-state index in [-0.39, 0.29) is 11.3 Å². The number of nitrogens with one attached hydrogen (secondary N) is 1. The van der Waals surface area contributed by atoms with Gasteiger partial charge in [-0.25, -0.2) is 0 Å². The van der Waals surface area contributed by atoms with Crippen LogP contribution in [0.4, 0.5) is 5.69 Å². The second-order valence-electron chi connectivity index (χ2n) is 4.63. The highest BCUT2D eigenvalue weighted by molar-refractivity contribution is 5.64. The van der Waals surface area contributed by atoms with E-state index in [0.29, 0.717) is 18.0 Å². The molecule has 0 aliphatic heterocycles. The standard InChI is InChI=1S/C17H14N6O/c1-2-23-14(7-8-21-23)12-24-17-6-4-3-5-15(17)22-16(11-20)13(9-18)10-19/h3-8,22H,2,12H2,1H3. The molecule has 1 aromatic carbocycles. The molecule has 0 aliphatic rings. The van der Waals surface area contributed by atoms with Gasteiger partial charge in [-0.05, 0) is 25.1 Å². The summed E-state index contributed by atoms with van der Waals surface area (Å²) < 4.78 is 7.61. The topological polar surface area (TPSA) is 110 Å². The molecule has 7 heteroatoms. The molecule has 24 heavy (non-hydrogen) atoms. The molecule has 0 radical (unpaired) electrons. The first kappa shape index (κ1) is 16.6. The van der Waals surface area contributed by atoms with Crippen molar-refractivity contribution >= 4 is 5.69 Å². The molecule has 0 fully saturated rings. The number of anilines is 1. The fraction of sp³-hybridized carbons (Fsp3) is 0.176. The molecular formula is C17H14N6O. The SMILES string of the molecule is CCn1nccc1COc1ccccc1NC(C#N)=C(C#N)C#N. The van der Waals surface area contributed by atoms with Crippen molar-refractivity contribution in [3.8, 4) is 24.0 Å². The van der Waals surface area contributed by atoms with Crippen LogP contribution < -0.4 is 10.1 Å². The predicted octanol–water partition coefficient (Wildman–Crippen LogP) is 2.72. The summed E-state index contributed by atoms with van der Waals surface area (Å²) in [6.07, 6.45) is 1.70. The van der Waals surface area contributed by atoms with Gasteiger partial charge >= 0.3 is 0 Å². The molecule has 0 aliphatic carbocycles. The van der Waals surface area contributed by atoms with E-state index < -0.39 is 0 Å². The van der Waals surface area contributed by atoms with E-state index in [2.05, 4.69) is 10.4 Å². The Hall–Kier alpha value is -3.76. The van der Waals surface area contributed by atoms with Crippen LogP contribution in [0.3, 0.4) is 0 Å². The number of hydrogen-bond acceptors (Lipinski definition) is 6. The molecule has 7 nitrogen and oxygen atoms in total. The van der Waals surface area contributed by atoms with Gasteiger partial charge in [0, 0.05) is 12.7 Å². The minimum absolute atomic E-state index is 0.116. The third-order valence-electron chi connectivity index (χ3n) is 3.21. The van der Waals surface area contributed by atoms with E-state index in [1.807, 2.05) is 23.7 Å². The van der Waals surface area contributed by atoms with Crippen LogP contribution in [0.1, 0.15) is 12.6 Å². The van der Waals surface area contributed by atoms with Crippen molar-refractivity contribution < 1.29 is 4.74 Å². The lowest BCUT2D eigenvalue weighted by Gasteiger charge is -2.13. The molecular weight excluding hydrogens is 304 g/mol. The van der Waals surface area contributed by atoms with Crippen LogP contribution in [0, 0.1) is 34.0 Å². The normalized spacial score (nSPS) is 9.25. The zero-order valence-corrected chi connectivity index (χ0v) is 13.0. The maximum absolute atomic E-state index is 9.13. The van der Waals surface area contributed by atoms with Gasteiger partial charge in [0.15, 0.2) is 5.57 Å². The zero-order chi connectivity index (χ0) is 17.4. The number of rotatable bonds is 6. The molecule has 1 heterocycles. The van der Waals surface area contributed by atoms with Crippen molar-refractivity contribution in [3.63, 3.8) is 0 Å². The molecule has 0 bridgehead atoms. The Kier molecular flexibility index (Phi) is 5.55. The van der Waals surface area contributed by atoms with Gasteiger partial charge in [-0.2, -0.15) is 20.9 Å². The quantitative estimate of drug-likeness (QED) is 0.820. The Labute approximate surface area is 139 Å². The fourth-order valence-electron chi connectivity index (χ4n) is 2.03. The minimum Gasteiger partial charge on any atom is -0.485 e. The first-order valence-corrected chi connectivity index (χ1v) is 7.17. The largest absolute Gasteiger partial charge is 0.485 e. The van der Waals surface area contributed by atoms with Crippen LogP contribution >= 0.6 is 0 Å². The number of aromatic nitrogens is 2. The lowest BCUT2D eigenvalue weighted by Crippen LogP contribution is -2.07. The van der Waals surface area contributed by atoms with Crippen molar-refractivity contribution in [3.05, 3.63) is 53.5 Å². The molecule has 0 atom stereocenters. The molecule has 0 spiro atoms. The van der Waals surface area contributed by atoms with Gasteiger partial charge in [0.1, 0.15) is 36.3 Å². The fourth-order valence-corrected chi connectivity index (χ4v) is 2.03. The summed E-state index contributed by atoms with van der Waals surface area (Å²) in [5, 5.41) is 33.9. The van der Waals surface area contributed by atoms with Gasteiger partial charge in [0.25, 0.3) is 0 Å². The summed E-state index contributed by atoms with van der Waals surface area (Å²) in [5.41, 5.74) is 1.02. The number of ether oxygens (including phenoxy) is 1. The van der Waals surface area contributed by atoms with E-state index in [1.54, 1.807) is 42.6 Å². The second kappa shape index (κ2) is 8.03. The van der Waals surface area contributed by atoms with E-state index >= 15 is 0 Å². The monoisotopic (exact) mass is 318 g/mol. The molecule has 0 saturated heterocycles. The first-order chi connectivity index (χ1) is 11.7. The summed E-state index contributed by atoms with van der Waals surface area (Å²) in [7, 11) is 0. The van der Waals surface area contributed by atoms with Gasteiger partial charge in [-0.1, -0.05) is 12.1 Å². The predicted molar refractivity (Wildman–Crippen MR) is 86.2 cm³/mol. The number of nitrogens with zero attached hydrogens (tertiary/aromatic N) is 5. The summed E-state index contributed by atoms with van der Waals surface area (Å²) in [4.78, 5) is 0. The number of aryl methyl sites for hydroxylation is 1. The summed E-state index contributed by atoms with van der Waals surface area (Å²) >= 11 is 0. The highest BCUT2D eigenvalue weighted by Gasteiger charge is 2.10. The highest BCUT2D eigenvalue weighted by atomic mass is 16.5. The van der Waals surface area contributed by atoms with Crippen LogP contribution in [0.5, 0.6) is 5.75 Å². The third-order valence-corrected chi connectivity index (χ3v) is 3.21. The number of nitriles is 3. The first-order valence-electron chi connectivity index (χ1n) is 7.17. The molecule has 2 rings (SSSR count). The van der Waals surface area contributed by atoms with Crippen molar-refractivity contribution in [2.45, 2.75) is 20.1 Å². The van der Waals surface area contributed by atoms with Crippen molar-refractivity contribution in [2.24, 2.45) is 0 Å². The molecule has 118 valence electrons. The smallest absolute Gasteiger partial charge is 0.163 e. The lowest BCUT2D eigenvalue weighted by atomic mass is 10.2. The maximum Gasteiger partial charge on any atom is 0.163 e. The van der Waals surface area contributed by atoms with Crippen molar-refractivity contribution in [1.29, 1.82) is 15.8 Å². The van der Waals surface area contributed by atoms with Crippen LogP contribution in [0.15, 0.2) is 47.8 Å². The molecule has 0 unspecified atom stereocenters. The number of para-hydroxylation sites is 2. The van der Waals surface area contributed by atoms with Crippen molar-refractivity contribution in [2.75, 3.05) is 5.32 Å². The number of hydrogen-bond donors (Lipinski definition) is 1.